The number of hydrogen-bond donors (Lipinski definition) is 3. The van der Waals surface area contributed by atoms with Gasteiger partial charge in [0, 0.05) is 12.2 Å². The van der Waals surface area contributed by atoms with Gasteiger partial charge in [-0.15, -0.1) is 0 Å². The molecule has 1 rings (SSSR count). The predicted molar refractivity (Wildman–Crippen MR) is 140 cm³/mol. The minimum absolute atomic E-state index is 0.111. The summed E-state index contributed by atoms with van der Waals surface area (Å²) < 4.78 is 0. The first-order chi connectivity index (χ1) is 14.9. The smallest absolute Gasteiger partial charge is 0.171 e. The SMILES string of the molecule is CC(C)=CCC/C(C)=C/CC/C(=C\CC/C(C)=C/CO)CNC(=S)Nc1ccccc1. The molecule has 0 aliphatic carbocycles. The van der Waals surface area contributed by atoms with E-state index in [1.807, 2.05) is 36.4 Å². The normalized spacial score (nSPS) is 12.5. The van der Waals surface area contributed by atoms with Crippen molar-refractivity contribution in [3.05, 3.63) is 76.9 Å². The molecule has 0 atom stereocenters. The van der Waals surface area contributed by atoms with Gasteiger partial charge in [-0.3, -0.25) is 0 Å². The Balaban J connectivity index is 2.60. The number of benzene rings is 1. The van der Waals surface area contributed by atoms with E-state index in [9.17, 15) is 0 Å². The van der Waals surface area contributed by atoms with Gasteiger partial charge in [0.05, 0.1) is 6.61 Å². The molecule has 170 valence electrons. The van der Waals surface area contributed by atoms with Crippen LogP contribution >= 0.6 is 12.2 Å². The van der Waals surface area contributed by atoms with Crippen LogP contribution < -0.4 is 10.6 Å². The molecule has 0 heterocycles. The second-order valence-electron chi connectivity index (χ2n) is 8.22. The number of aliphatic hydroxyl groups excluding tert-OH is 1. The van der Waals surface area contributed by atoms with E-state index in [4.69, 9.17) is 17.3 Å². The molecule has 0 fully saturated rings. The summed E-state index contributed by atoms with van der Waals surface area (Å²) in [5.41, 5.74) is 6.41. The number of anilines is 1. The molecule has 1 aromatic rings. The molecular formula is C27H40N2OS. The molecule has 0 saturated heterocycles. The average molecular weight is 441 g/mol. The first-order valence-electron chi connectivity index (χ1n) is 11.2. The summed E-state index contributed by atoms with van der Waals surface area (Å²) in [5.74, 6) is 0. The quantitative estimate of drug-likeness (QED) is 0.226. The lowest BCUT2D eigenvalue weighted by atomic mass is 10.0. The molecule has 3 nitrogen and oxygen atoms in total. The van der Waals surface area contributed by atoms with Crippen molar-refractivity contribution in [1.82, 2.24) is 5.32 Å². The standard InChI is InChI=1S/C27H40N2OS/c1-22(2)11-8-12-23(3)13-9-15-25(16-10-14-24(4)19-20-30)21-28-27(31)29-26-17-6-5-7-18-26/h5-7,11,13,16-19,30H,8-10,12,14-15,20-21H2,1-4H3,(H2,28,29,31)/b23-13+,24-19+,25-16+. The Kier molecular flexibility index (Phi) is 14.3. The van der Waals surface area contributed by atoms with Gasteiger partial charge >= 0.3 is 0 Å². The van der Waals surface area contributed by atoms with Crippen molar-refractivity contribution in [2.24, 2.45) is 0 Å². The number of hydrogen-bond acceptors (Lipinski definition) is 2. The highest BCUT2D eigenvalue weighted by Gasteiger charge is 2.02. The van der Waals surface area contributed by atoms with E-state index in [2.05, 4.69) is 56.6 Å². The lowest BCUT2D eigenvalue weighted by molar-refractivity contribution is 0.341. The van der Waals surface area contributed by atoms with Crippen LogP contribution in [-0.2, 0) is 0 Å². The van der Waals surface area contributed by atoms with E-state index in [0.29, 0.717) is 5.11 Å². The highest BCUT2D eigenvalue weighted by molar-refractivity contribution is 7.80. The first kappa shape index (κ1) is 26.9. The number of rotatable bonds is 13. The fraction of sp³-hybridized carbons (Fsp3) is 0.444. The molecule has 31 heavy (non-hydrogen) atoms. The van der Waals surface area contributed by atoms with Gasteiger partial charge in [-0.1, -0.05) is 64.8 Å². The van der Waals surface area contributed by atoms with Crippen LogP contribution in [0.15, 0.2) is 76.9 Å². The Hall–Kier alpha value is -2.17. The maximum absolute atomic E-state index is 9.04. The maximum atomic E-state index is 9.04. The van der Waals surface area contributed by atoms with Gasteiger partial charge in [-0.05, 0) is 90.6 Å². The third-order valence-electron chi connectivity index (χ3n) is 4.97. The van der Waals surface area contributed by atoms with Crippen molar-refractivity contribution < 1.29 is 5.11 Å². The largest absolute Gasteiger partial charge is 0.392 e. The topological polar surface area (TPSA) is 44.3 Å². The molecule has 0 aliphatic rings. The van der Waals surface area contributed by atoms with E-state index < -0.39 is 0 Å². The Bertz CT molecular complexity index is 772. The Morgan fingerprint density at radius 3 is 2.10 bits per heavy atom. The maximum Gasteiger partial charge on any atom is 0.171 e. The predicted octanol–water partition coefficient (Wildman–Crippen LogP) is 7.09. The van der Waals surface area contributed by atoms with Gasteiger partial charge in [0.1, 0.15) is 0 Å². The second-order valence-corrected chi connectivity index (χ2v) is 8.63. The third kappa shape index (κ3) is 14.5. The van der Waals surface area contributed by atoms with Crippen LogP contribution in [0.25, 0.3) is 0 Å². The fourth-order valence-corrected chi connectivity index (χ4v) is 3.30. The molecule has 0 amide bonds. The van der Waals surface area contributed by atoms with Crippen LogP contribution in [0.3, 0.4) is 0 Å². The molecule has 0 bridgehead atoms. The van der Waals surface area contributed by atoms with Crippen molar-refractivity contribution in [3.63, 3.8) is 0 Å². The summed E-state index contributed by atoms with van der Waals surface area (Å²) in [5, 5.41) is 16.3. The van der Waals surface area contributed by atoms with Crippen LogP contribution in [0.5, 0.6) is 0 Å². The van der Waals surface area contributed by atoms with E-state index in [1.54, 1.807) is 0 Å². The minimum atomic E-state index is 0.111. The fourth-order valence-electron chi connectivity index (χ4n) is 3.11. The Morgan fingerprint density at radius 2 is 1.45 bits per heavy atom. The van der Waals surface area contributed by atoms with Crippen LogP contribution in [0.1, 0.15) is 66.2 Å². The van der Waals surface area contributed by atoms with Gasteiger partial charge in [0.2, 0.25) is 0 Å². The minimum Gasteiger partial charge on any atom is -0.392 e. The van der Waals surface area contributed by atoms with Crippen LogP contribution in [0.4, 0.5) is 5.69 Å². The Labute approximate surface area is 195 Å². The number of nitrogens with one attached hydrogen (secondary N) is 2. The third-order valence-corrected chi connectivity index (χ3v) is 5.22. The molecule has 3 N–H and O–H groups in total. The molecule has 0 unspecified atom stereocenters. The van der Waals surface area contributed by atoms with Crippen molar-refractivity contribution in [2.75, 3.05) is 18.5 Å². The molecule has 0 spiro atoms. The van der Waals surface area contributed by atoms with Gasteiger partial charge in [0.25, 0.3) is 0 Å². The van der Waals surface area contributed by atoms with Crippen LogP contribution in [0, 0.1) is 0 Å². The van der Waals surface area contributed by atoms with Gasteiger partial charge < -0.3 is 15.7 Å². The van der Waals surface area contributed by atoms with Crippen molar-refractivity contribution in [3.8, 4) is 0 Å². The number of allylic oxidation sites excluding steroid dienone is 6. The summed E-state index contributed by atoms with van der Waals surface area (Å²) in [6.07, 6.45) is 15.1. The number of thiocarbonyl (C=S) groups is 1. The van der Waals surface area contributed by atoms with Gasteiger partial charge in [0.15, 0.2) is 5.11 Å². The van der Waals surface area contributed by atoms with Crippen LogP contribution in [0.2, 0.25) is 0 Å². The lowest BCUT2D eigenvalue weighted by Crippen LogP contribution is -2.30. The van der Waals surface area contributed by atoms with Gasteiger partial charge in [-0.2, -0.15) is 0 Å². The molecule has 0 aliphatic heterocycles. The zero-order chi connectivity index (χ0) is 22.9. The van der Waals surface area contributed by atoms with Crippen molar-refractivity contribution >= 4 is 23.0 Å². The molecule has 1 aromatic carbocycles. The number of para-hydroxylation sites is 1. The lowest BCUT2D eigenvalue weighted by Gasteiger charge is -2.13. The summed E-state index contributed by atoms with van der Waals surface area (Å²) in [6.45, 7) is 9.45. The number of aliphatic hydroxyl groups is 1. The molecular weight excluding hydrogens is 400 g/mol. The zero-order valence-corrected chi connectivity index (χ0v) is 20.5. The van der Waals surface area contributed by atoms with Gasteiger partial charge in [-0.25, -0.2) is 0 Å². The summed E-state index contributed by atoms with van der Waals surface area (Å²) in [6, 6.07) is 9.98. The summed E-state index contributed by atoms with van der Waals surface area (Å²) >= 11 is 5.46. The monoisotopic (exact) mass is 440 g/mol. The highest BCUT2D eigenvalue weighted by atomic mass is 32.1. The second kappa shape index (κ2) is 16.5. The van der Waals surface area contributed by atoms with Crippen molar-refractivity contribution in [1.29, 1.82) is 0 Å². The van der Waals surface area contributed by atoms with Crippen LogP contribution in [-0.4, -0.2) is 23.4 Å². The first-order valence-corrected chi connectivity index (χ1v) is 11.6. The average Bonchev–Trinajstić information content (AvgIpc) is 2.72. The van der Waals surface area contributed by atoms with E-state index in [-0.39, 0.29) is 6.61 Å². The summed E-state index contributed by atoms with van der Waals surface area (Å²) in [7, 11) is 0. The highest BCUT2D eigenvalue weighted by Crippen LogP contribution is 2.14. The van der Waals surface area contributed by atoms with E-state index >= 15 is 0 Å². The summed E-state index contributed by atoms with van der Waals surface area (Å²) in [4.78, 5) is 0. The molecule has 0 aromatic heterocycles. The van der Waals surface area contributed by atoms with E-state index in [0.717, 1.165) is 50.8 Å². The Morgan fingerprint density at radius 1 is 0.839 bits per heavy atom. The van der Waals surface area contributed by atoms with Crippen molar-refractivity contribution in [2.45, 2.75) is 66.2 Å². The molecule has 0 saturated carbocycles. The van der Waals surface area contributed by atoms with E-state index in [1.165, 1.54) is 22.3 Å². The zero-order valence-electron chi connectivity index (χ0n) is 19.7. The molecule has 0 radical (unpaired) electrons. The molecule has 4 heteroatoms.